The Morgan fingerprint density at radius 2 is 2.11 bits per heavy atom. The van der Waals surface area contributed by atoms with Crippen molar-refractivity contribution < 1.29 is 4.74 Å². The molecule has 3 rings (SSSR count). The molecular weight excluding hydrogens is 236 g/mol. The normalized spacial score (nSPS) is 29.8. The molecule has 104 valence electrons. The van der Waals surface area contributed by atoms with Gasteiger partial charge in [0.05, 0.1) is 12.1 Å². The summed E-state index contributed by atoms with van der Waals surface area (Å²) in [6, 6.07) is 9.22. The third kappa shape index (κ3) is 2.37. The maximum atomic E-state index is 5.97. The second-order valence-electron chi connectivity index (χ2n) is 6.57. The number of nitrogens with one attached hydrogen (secondary N) is 1. The van der Waals surface area contributed by atoms with Crippen LogP contribution >= 0.6 is 0 Å². The van der Waals surface area contributed by atoms with Crippen LogP contribution in [0.25, 0.3) is 0 Å². The van der Waals surface area contributed by atoms with Gasteiger partial charge in [-0.05, 0) is 31.5 Å². The highest BCUT2D eigenvalue weighted by Crippen LogP contribution is 2.38. The number of benzene rings is 1. The van der Waals surface area contributed by atoms with E-state index in [1.165, 1.54) is 25.1 Å². The van der Waals surface area contributed by atoms with Crippen LogP contribution < -0.4 is 10.1 Å². The first-order valence-electron chi connectivity index (χ1n) is 7.24. The van der Waals surface area contributed by atoms with Gasteiger partial charge in [0, 0.05) is 12.1 Å². The van der Waals surface area contributed by atoms with Gasteiger partial charge in [0.15, 0.2) is 0 Å². The van der Waals surface area contributed by atoms with Crippen LogP contribution in [0.5, 0.6) is 5.75 Å². The molecule has 19 heavy (non-hydrogen) atoms. The number of rotatable bonds is 2. The molecule has 3 heteroatoms. The van der Waals surface area contributed by atoms with E-state index in [9.17, 15) is 0 Å². The SMILES string of the molecule is CNC1c2ccccc2OCC1N1CCC(C)(C)C1. The standard InChI is InChI=1S/C16H24N2O/c1-16(2)8-9-18(11-16)13-10-19-14-7-5-4-6-12(14)15(13)17-3/h4-7,13,15,17H,8-11H2,1-3H3. The number of nitrogens with zero attached hydrogens (tertiary/aromatic N) is 1. The molecule has 0 spiro atoms. The number of para-hydroxylation sites is 1. The van der Waals surface area contributed by atoms with Gasteiger partial charge in [-0.1, -0.05) is 32.0 Å². The summed E-state index contributed by atoms with van der Waals surface area (Å²) in [4.78, 5) is 2.59. The minimum Gasteiger partial charge on any atom is -0.492 e. The van der Waals surface area contributed by atoms with Crippen molar-refractivity contribution in [1.29, 1.82) is 0 Å². The second-order valence-corrected chi connectivity index (χ2v) is 6.57. The summed E-state index contributed by atoms with van der Waals surface area (Å²) < 4.78 is 5.97. The summed E-state index contributed by atoms with van der Waals surface area (Å²) in [6.45, 7) is 7.86. The molecule has 2 heterocycles. The van der Waals surface area contributed by atoms with Crippen molar-refractivity contribution in [1.82, 2.24) is 10.2 Å². The van der Waals surface area contributed by atoms with Gasteiger partial charge in [-0.25, -0.2) is 0 Å². The monoisotopic (exact) mass is 260 g/mol. The van der Waals surface area contributed by atoms with E-state index in [-0.39, 0.29) is 0 Å². The zero-order valence-corrected chi connectivity index (χ0v) is 12.1. The van der Waals surface area contributed by atoms with Gasteiger partial charge in [-0.2, -0.15) is 0 Å². The first-order chi connectivity index (χ1) is 9.11. The summed E-state index contributed by atoms with van der Waals surface area (Å²) in [5.41, 5.74) is 1.74. The fraction of sp³-hybridized carbons (Fsp3) is 0.625. The second kappa shape index (κ2) is 4.80. The van der Waals surface area contributed by atoms with Crippen LogP contribution in [0.2, 0.25) is 0 Å². The van der Waals surface area contributed by atoms with Gasteiger partial charge in [0.2, 0.25) is 0 Å². The molecular formula is C16H24N2O. The molecule has 2 aliphatic rings. The van der Waals surface area contributed by atoms with Crippen LogP contribution in [0.15, 0.2) is 24.3 Å². The largest absolute Gasteiger partial charge is 0.492 e. The third-order valence-electron chi connectivity index (χ3n) is 4.54. The highest BCUT2D eigenvalue weighted by molar-refractivity contribution is 5.38. The van der Waals surface area contributed by atoms with Crippen LogP contribution in [-0.2, 0) is 0 Å². The van der Waals surface area contributed by atoms with Gasteiger partial charge in [-0.15, -0.1) is 0 Å². The topological polar surface area (TPSA) is 24.5 Å². The van der Waals surface area contributed by atoms with E-state index in [1.54, 1.807) is 0 Å². The Balaban J connectivity index is 1.85. The molecule has 1 N–H and O–H groups in total. The van der Waals surface area contributed by atoms with Gasteiger partial charge in [-0.3, -0.25) is 4.90 Å². The van der Waals surface area contributed by atoms with Crippen molar-refractivity contribution >= 4 is 0 Å². The molecule has 1 aromatic carbocycles. The van der Waals surface area contributed by atoms with Crippen LogP contribution in [-0.4, -0.2) is 37.7 Å². The molecule has 2 aliphatic heterocycles. The molecule has 1 aromatic rings. The predicted octanol–water partition coefficient (Wildman–Crippen LogP) is 2.44. The lowest BCUT2D eigenvalue weighted by atomic mass is 9.92. The number of hydrogen-bond donors (Lipinski definition) is 1. The highest BCUT2D eigenvalue weighted by atomic mass is 16.5. The van der Waals surface area contributed by atoms with Crippen LogP contribution in [0.3, 0.4) is 0 Å². The Kier molecular flexibility index (Phi) is 3.27. The first-order valence-corrected chi connectivity index (χ1v) is 7.24. The van der Waals surface area contributed by atoms with E-state index in [0.717, 1.165) is 12.4 Å². The Labute approximate surface area is 115 Å². The van der Waals surface area contributed by atoms with Crippen LogP contribution in [0, 0.1) is 5.41 Å². The van der Waals surface area contributed by atoms with E-state index in [0.29, 0.717) is 17.5 Å². The average molecular weight is 260 g/mol. The molecule has 3 nitrogen and oxygen atoms in total. The number of fused-ring (bicyclic) bond motifs is 1. The lowest BCUT2D eigenvalue weighted by Crippen LogP contribution is -2.49. The van der Waals surface area contributed by atoms with Gasteiger partial charge in [0.1, 0.15) is 12.4 Å². The Morgan fingerprint density at radius 1 is 1.32 bits per heavy atom. The summed E-state index contributed by atoms with van der Waals surface area (Å²) in [6.07, 6.45) is 1.28. The Bertz CT molecular complexity index is 458. The number of likely N-dealkylation sites (N-methyl/N-ethyl adjacent to an activating group) is 1. The summed E-state index contributed by atoms with van der Waals surface area (Å²) in [7, 11) is 2.06. The average Bonchev–Trinajstić information content (AvgIpc) is 2.77. The van der Waals surface area contributed by atoms with E-state index < -0.39 is 0 Å². The molecule has 0 amide bonds. The zero-order valence-electron chi connectivity index (χ0n) is 12.1. The Morgan fingerprint density at radius 3 is 2.79 bits per heavy atom. The van der Waals surface area contributed by atoms with Crippen molar-refractivity contribution in [2.75, 3.05) is 26.7 Å². The van der Waals surface area contributed by atoms with E-state index in [4.69, 9.17) is 4.74 Å². The zero-order chi connectivity index (χ0) is 13.5. The van der Waals surface area contributed by atoms with Crippen molar-refractivity contribution in [2.45, 2.75) is 32.4 Å². The first kappa shape index (κ1) is 12.9. The van der Waals surface area contributed by atoms with E-state index in [2.05, 4.69) is 49.3 Å². The third-order valence-corrected chi connectivity index (χ3v) is 4.54. The highest BCUT2D eigenvalue weighted by Gasteiger charge is 2.39. The van der Waals surface area contributed by atoms with Crippen LogP contribution in [0.1, 0.15) is 31.9 Å². The van der Waals surface area contributed by atoms with Crippen molar-refractivity contribution in [2.24, 2.45) is 5.41 Å². The minimum atomic E-state index is 0.374. The lowest BCUT2D eigenvalue weighted by Gasteiger charge is -2.39. The maximum absolute atomic E-state index is 5.97. The molecule has 0 aromatic heterocycles. The fourth-order valence-corrected chi connectivity index (χ4v) is 3.45. The van der Waals surface area contributed by atoms with Gasteiger partial charge < -0.3 is 10.1 Å². The quantitative estimate of drug-likeness (QED) is 0.884. The number of ether oxygens (including phenoxy) is 1. The van der Waals surface area contributed by atoms with Crippen LogP contribution in [0.4, 0.5) is 0 Å². The van der Waals surface area contributed by atoms with Crippen molar-refractivity contribution in [3.05, 3.63) is 29.8 Å². The molecule has 2 unspecified atom stereocenters. The van der Waals surface area contributed by atoms with E-state index >= 15 is 0 Å². The molecule has 0 aliphatic carbocycles. The molecule has 1 fully saturated rings. The summed E-state index contributed by atoms with van der Waals surface area (Å²) >= 11 is 0. The molecule has 0 saturated carbocycles. The number of hydrogen-bond acceptors (Lipinski definition) is 3. The molecule has 0 bridgehead atoms. The Hall–Kier alpha value is -1.06. The maximum Gasteiger partial charge on any atom is 0.124 e. The fourth-order valence-electron chi connectivity index (χ4n) is 3.45. The van der Waals surface area contributed by atoms with E-state index in [1.807, 2.05) is 6.07 Å². The molecule has 0 radical (unpaired) electrons. The minimum absolute atomic E-state index is 0.374. The predicted molar refractivity (Wildman–Crippen MR) is 77.5 cm³/mol. The van der Waals surface area contributed by atoms with Gasteiger partial charge in [0.25, 0.3) is 0 Å². The lowest BCUT2D eigenvalue weighted by molar-refractivity contribution is 0.0997. The molecule has 2 atom stereocenters. The van der Waals surface area contributed by atoms with Gasteiger partial charge >= 0.3 is 0 Å². The number of likely N-dealkylation sites (tertiary alicyclic amines) is 1. The summed E-state index contributed by atoms with van der Waals surface area (Å²) in [5, 5.41) is 3.49. The molecule has 1 saturated heterocycles. The van der Waals surface area contributed by atoms with Crippen molar-refractivity contribution in [3.8, 4) is 5.75 Å². The summed E-state index contributed by atoms with van der Waals surface area (Å²) in [5.74, 6) is 1.04. The smallest absolute Gasteiger partial charge is 0.124 e. The van der Waals surface area contributed by atoms with Crippen molar-refractivity contribution in [3.63, 3.8) is 0 Å².